The maximum Gasteiger partial charge on any atom is 0.0716 e. The molecule has 0 bridgehead atoms. The lowest BCUT2D eigenvalue weighted by Gasteiger charge is -2.16. The fourth-order valence-corrected chi connectivity index (χ4v) is 10.5. The molecule has 0 aliphatic carbocycles. The van der Waals surface area contributed by atoms with Crippen LogP contribution in [0, 0.1) is 0 Å². The minimum atomic E-state index is 0.876. The van der Waals surface area contributed by atoms with E-state index < -0.39 is 0 Å². The van der Waals surface area contributed by atoms with Gasteiger partial charge in [-0.05, 0) is 179 Å². The molecule has 0 spiro atoms. The van der Waals surface area contributed by atoms with Gasteiger partial charge in [0.2, 0.25) is 0 Å². The number of pyridine rings is 2. The Morgan fingerprint density at radius 2 is 0.421 bits per heavy atom. The van der Waals surface area contributed by atoms with Crippen LogP contribution in [0.4, 0.5) is 0 Å². The van der Waals surface area contributed by atoms with E-state index in [0.29, 0.717) is 0 Å². The Bertz CT molecular complexity index is 4130. The fourth-order valence-electron chi connectivity index (χ4n) is 10.5. The summed E-state index contributed by atoms with van der Waals surface area (Å²) in [6, 6.07) is 107. The van der Waals surface area contributed by atoms with Gasteiger partial charge in [-0.3, -0.25) is 4.98 Å². The second kappa shape index (κ2) is 20.5. The van der Waals surface area contributed by atoms with Gasteiger partial charge in [0.1, 0.15) is 0 Å². The van der Waals surface area contributed by atoms with Crippen LogP contribution in [-0.2, 0) is 0 Å². The van der Waals surface area contributed by atoms with Crippen LogP contribution in [0.1, 0.15) is 0 Å². The smallest absolute Gasteiger partial charge is 0.0716 e. The lowest BCUT2D eigenvalue weighted by atomic mass is 9.90. The van der Waals surface area contributed by atoms with Crippen LogP contribution in [0.25, 0.3) is 134 Å². The first kappa shape index (κ1) is 45.8. The highest BCUT2D eigenvalue weighted by Crippen LogP contribution is 2.41. The highest BCUT2D eigenvalue weighted by Gasteiger charge is 2.17. The van der Waals surface area contributed by atoms with Crippen molar-refractivity contribution in [3.05, 3.63) is 303 Å². The van der Waals surface area contributed by atoms with Crippen molar-refractivity contribution in [2.75, 3.05) is 0 Å². The molecule has 2 heteroatoms. The first-order chi connectivity index (χ1) is 37.6. The van der Waals surface area contributed by atoms with Gasteiger partial charge in [-0.1, -0.05) is 212 Å². The molecule has 13 aromatic rings. The monoisotopic (exact) mass is 966 g/mol. The summed E-state index contributed by atoms with van der Waals surface area (Å²) in [5.74, 6) is 0. The zero-order valence-corrected chi connectivity index (χ0v) is 41.8. The predicted molar refractivity (Wildman–Crippen MR) is 319 cm³/mol. The molecule has 0 radical (unpaired) electrons. The zero-order chi connectivity index (χ0) is 50.6. The van der Waals surface area contributed by atoms with Gasteiger partial charge in [0.05, 0.1) is 17.1 Å². The maximum absolute atomic E-state index is 5.74. The van der Waals surface area contributed by atoms with Crippen molar-refractivity contribution in [1.82, 2.24) is 9.97 Å². The minimum absolute atomic E-state index is 0.876. The minimum Gasteiger partial charge on any atom is -0.256 e. The summed E-state index contributed by atoms with van der Waals surface area (Å²) < 4.78 is 0. The van der Waals surface area contributed by atoms with Crippen LogP contribution >= 0.6 is 0 Å². The van der Waals surface area contributed by atoms with Crippen molar-refractivity contribution in [2.24, 2.45) is 0 Å². The van der Waals surface area contributed by atoms with Crippen LogP contribution in [-0.4, -0.2) is 9.97 Å². The fraction of sp³-hybridized carbons (Fsp3) is 0. The number of benzene rings is 11. The normalized spacial score (nSPS) is 11.2. The van der Waals surface area contributed by atoms with E-state index in [9.17, 15) is 0 Å². The van der Waals surface area contributed by atoms with Crippen LogP contribution < -0.4 is 0 Å². The third kappa shape index (κ3) is 9.67. The summed E-state index contributed by atoms with van der Waals surface area (Å²) in [5, 5.41) is 2.28. The number of hydrogen-bond acceptors (Lipinski definition) is 2. The highest BCUT2D eigenvalue weighted by molar-refractivity contribution is 5.90. The molecule has 2 heterocycles. The Kier molecular flexibility index (Phi) is 12.3. The average molecular weight is 967 g/mol. The van der Waals surface area contributed by atoms with Gasteiger partial charge in [-0.15, -0.1) is 0 Å². The van der Waals surface area contributed by atoms with Crippen LogP contribution in [0.5, 0.6) is 0 Å². The van der Waals surface area contributed by atoms with E-state index in [4.69, 9.17) is 9.97 Å². The van der Waals surface area contributed by atoms with Crippen LogP contribution in [0.15, 0.2) is 303 Å². The Hall–Kier alpha value is -10.0. The van der Waals surface area contributed by atoms with E-state index in [2.05, 4.69) is 297 Å². The second-order valence-electron chi connectivity index (χ2n) is 19.4. The topological polar surface area (TPSA) is 25.8 Å². The molecule has 0 aliphatic heterocycles. The molecule has 2 nitrogen and oxygen atoms in total. The summed E-state index contributed by atoms with van der Waals surface area (Å²) in [7, 11) is 0. The molecular weight excluding hydrogens is 917 g/mol. The Labute approximate surface area is 444 Å². The van der Waals surface area contributed by atoms with E-state index >= 15 is 0 Å². The summed E-state index contributed by atoms with van der Waals surface area (Å²) in [6.45, 7) is 0. The van der Waals surface area contributed by atoms with E-state index in [1.807, 2.05) is 6.20 Å². The molecule has 356 valence electrons. The molecule has 0 amide bonds. The van der Waals surface area contributed by atoms with Gasteiger partial charge < -0.3 is 0 Å². The number of nitrogens with zero attached hydrogens (tertiary/aromatic N) is 2. The first-order valence-electron chi connectivity index (χ1n) is 25.9. The molecule has 2 aromatic heterocycles. The van der Waals surface area contributed by atoms with Crippen molar-refractivity contribution in [3.63, 3.8) is 0 Å². The van der Waals surface area contributed by atoms with E-state index in [0.717, 1.165) is 111 Å². The standard InChI is InChI=1S/C74H50N2/c1-6-20-51(21-7-1)56-32-18-33-57(36-56)66-39-64(54-26-12-4-13-27-54)43-70(45-66)73-48-69(58-34-19-35-60(37-58)72-47-59-30-16-17-31-61(59)50-75-72)49-74(76-73)71-44-65(55-28-14-5-15-29-55)42-68(46-71)67-40-62(52-22-8-2-9-23-52)38-63(41-67)53-24-10-3-11-25-53/h1-50H. The van der Waals surface area contributed by atoms with Gasteiger partial charge in [-0.2, -0.15) is 0 Å². The van der Waals surface area contributed by atoms with Crippen molar-refractivity contribution < 1.29 is 0 Å². The Morgan fingerprint density at radius 1 is 0.158 bits per heavy atom. The number of aromatic nitrogens is 2. The van der Waals surface area contributed by atoms with Crippen molar-refractivity contribution in [3.8, 4) is 123 Å². The molecule has 11 aromatic carbocycles. The first-order valence-corrected chi connectivity index (χ1v) is 25.9. The third-order valence-electron chi connectivity index (χ3n) is 14.4. The van der Waals surface area contributed by atoms with Crippen LogP contribution in [0.3, 0.4) is 0 Å². The molecule has 76 heavy (non-hydrogen) atoms. The SMILES string of the molecule is c1ccc(-c2cccc(-c3cc(-c4ccccc4)cc(-c4cc(-c5cccc(-c6cc7ccccc7cn6)c5)cc(-c5cc(-c6ccccc6)cc(-c6cc(-c7ccccc7)cc(-c7ccccc7)c6)c5)n4)c3)c2)cc1. The largest absolute Gasteiger partial charge is 0.256 e. The van der Waals surface area contributed by atoms with Gasteiger partial charge in [0, 0.05) is 28.3 Å². The lowest BCUT2D eigenvalue weighted by Crippen LogP contribution is -1.95. The molecule has 0 unspecified atom stereocenters. The maximum atomic E-state index is 5.74. The van der Waals surface area contributed by atoms with Crippen molar-refractivity contribution in [2.45, 2.75) is 0 Å². The lowest BCUT2D eigenvalue weighted by molar-refractivity contribution is 1.32. The van der Waals surface area contributed by atoms with Gasteiger partial charge >= 0.3 is 0 Å². The third-order valence-corrected chi connectivity index (χ3v) is 14.4. The number of rotatable bonds is 11. The molecule has 0 N–H and O–H groups in total. The van der Waals surface area contributed by atoms with Gasteiger partial charge in [0.25, 0.3) is 0 Å². The quantitative estimate of drug-likeness (QED) is 0.129. The van der Waals surface area contributed by atoms with Crippen molar-refractivity contribution in [1.29, 1.82) is 0 Å². The molecule has 0 saturated heterocycles. The molecule has 0 atom stereocenters. The van der Waals surface area contributed by atoms with Crippen LogP contribution in [0.2, 0.25) is 0 Å². The summed E-state index contributed by atoms with van der Waals surface area (Å²) in [6.07, 6.45) is 1.97. The molecule has 0 aliphatic rings. The van der Waals surface area contributed by atoms with E-state index in [1.54, 1.807) is 0 Å². The second-order valence-corrected chi connectivity index (χ2v) is 19.4. The predicted octanol–water partition coefficient (Wildman–Crippen LogP) is 20.0. The van der Waals surface area contributed by atoms with Crippen molar-refractivity contribution >= 4 is 10.8 Å². The number of hydrogen-bond donors (Lipinski definition) is 0. The van der Waals surface area contributed by atoms with Gasteiger partial charge in [-0.25, -0.2) is 4.98 Å². The number of fused-ring (bicyclic) bond motifs is 1. The molecule has 13 rings (SSSR count). The summed E-state index contributed by atoms with van der Waals surface area (Å²) in [4.78, 5) is 10.7. The summed E-state index contributed by atoms with van der Waals surface area (Å²) >= 11 is 0. The molecule has 0 saturated carbocycles. The average Bonchev–Trinajstić information content (AvgIpc) is 3.54. The molecular formula is C74H50N2. The van der Waals surface area contributed by atoms with E-state index in [-0.39, 0.29) is 0 Å². The zero-order valence-electron chi connectivity index (χ0n) is 41.8. The molecule has 0 fully saturated rings. The van der Waals surface area contributed by atoms with Gasteiger partial charge in [0.15, 0.2) is 0 Å². The summed E-state index contributed by atoms with van der Waals surface area (Å²) in [5.41, 5.74) is 24.0. The highest BCUT2D eigenvalue weighted by atomic mass is 14.7. The Morgan fingerprint density at radius 3 is 0.842 bits per heavy atom. The van der Waals surface area contributed by atoms with E-state index in [1.165, 1.54) is 22.3 Å². The Balaban J connectivity index is 1.03.